The molecule has 2 amide bonds. The lowest BCUT2D eigenvalue weighted by molar-refractivity contribution is -0.127. The molecule has 2 heterocycles. The van der Waals surface area contributed by atoms with Crippen molar-refractivity contribution in [3.8, 4) is 11.4 Å². The topological polar surface area (TPSA) is 102 Å². The van der Waals surface area contributed by atoms with Gasteiger partial charge in [0.05, 0.1) is 11.1 Å². The Bertz CT molecular complexity index is 1530. The van der Waals surface area contributed by atoms with Crippen LogP contribution in [0.4, 0.5) is 14.5 Å². The molecular weight excluding hydrogens is 577 g/mol. The fourth-order valence-electron chi connectivity index (χ4n) is 4.47. The van der Waals surface area contributed by atoms with Crippen LogP contribution >= 0.6 is 23.2 Å². The van der Waals surface area contributed by atoms with Crippen molar-refractivity contribution < 1.29 is 23.1 Å². The van der Waals surface area contributed by atoms with Crippen LogP contribution in [0.1, 0.15) is 24.4 Å². The van der Waals surface area contributed by atoms with Crippen molar-refractivity contribution in [2.75, 3.05) is 18.1 Å². The lowest BCUT2D eigenvalue weighted by atomic mass is 10.0. The third-order valence-corrected chi connectivity index (χ3v) is 7.04. The minimum absolute atomic E-state index is 0.140. The molecule has 0 saturated carbocycles. The van der Waals surface area contributed by atoms with Gasteiger partial charge in [0.2, 0.25) is 11.7 Å². The Hall–Kier alpha value is -3.93. The first kappa shape index (κ1) is 28.6. The van der Waals surface area contributed by atoms with Gasteiger partial charge in [0.1, 0.15) is 24.2 Å². The number of halogens is 4. The maximum Gasteiger partial charge on any atom is 0.251 e. The molecule has 0 aliphatic carbocycles. The first-order chi connectivity index (χ1) is 19.8. The molecule has 1 aliphatic rings. The Labute approximate surface area is 244 Å². The van der Waals surface area contributed by atoms with Crippen LogP contribution in [-0.2, 0) is 20.9 Å². The van der Waals surface area contributed by atoms with Crippen molar-refractivity contribution in [1.29, 1.82) is 0 Å². The standard InChI is InChI=1S/C28H24Cl2F2N6O3/c29-19-7-3-17(4-8-19)26(28(40)33-15-22-2-1-13-41-22)38(21-11-12-24(32)23(30)14-21)25(39)16-37-35-27(34-36-37)18-5-9-20(31)10-6-18/h3-12,14,22,26H,1-2,13,15-16H2,(H,33,40)/t22-,26+/m0/s1. The molecule has 3 aromatic carbocycles. The summed E-state index contributed by atoms with van der Waals surface area (Å²) in [7, 11) is 0. The molecule has 1 saturated heterocycles. The van der Waals surface area contributed by atoms with Crippen LogP contribution in [0.2, 0.25) is 10.0 Å². The number of benzene rings is 3. The highest BCUT2D eigenvalue weighted by molar-refractivity contribution is 6.31. The summed E-state index contributed by atoms with van der Waals surface area (Å²) in [4.78, 5) is 29.9. The van der Waals surface area contributed by atoms with Crippen molar-refractivity contribution >= 4 is 40.7 Å². The lowest BCUT2D eigenvalue weighted by Crippen LogP contribution is -2.46. The van der Waals surface area contributed by atoms with Gasteiger partial charge in [0.15, 0.2) is 0 Å². The summed E-state index contributed by atoms with van der Waals surface area (Å²) in [6, 6.07) is 14.5. The first-order valence-corrected chi connectivity index (χ1v) is 13.5. The number of aromatic nitrogens is 4. The van der Waals surface area contributed by atoms with Crippen molar-refractivity contribution in [2.45, 2.75) is 31.5 Å². The Kier molecular flexibility index (Phi) is 8.87. The monoisotopic (exact) mass is 600 g/mol. The number of nitrogens with one attached hydrogen (secondary N) is 1. The van der Waals surface area contributed by atoms with Gasteiger partial charge in [-0.05, 0) is 78.2 Å². The molecule has 1 N–H and O–H groups in total. The fraction of sp³-hybridized carbons (Fsp3) is 0.250. The second-order valence-electron chi connectivity index (χ2n) is 9.35. The average Bonchev–Trinajstić information content (AvgIpc) is 3.66. The van der Waals surface area contributed by atoms with Gasteiger partial charge in [-0.1, -0.05) is 35.3 Å². The zero-order valence-corrected chi connectivity index (χ0v) is 23.0. The van der Waals surface area contributed by atoms with Crippen LogP contribution in [0.3, 0.4) is 0 Å². The SMILES string of the molecule is O=C(NC[C@@H]1CCCO1)[C@@H](c1ccc(Cl)cc1)N(C(=O)Cn1nnc(-c2ccc(F)cc2)n1)c1ccc(F)c(Cl)c1. The molecule has 212 valence electrons. The van der Waals surface area contributed by atoms with Gasteiger partial charge in [0, 0.05) is 29.4 Å². The average molecular weight is 601 g/mol. The van der Waals surface area contributed by atoms with E-state index < -0.39 is 36.0 Å². The lowest BCUT2D eigenvalue weighted by Gasteiger charge is -2.32. The van der Waals surface area contributed by atoms with E-state index in [-0.39, 0.29) is 29.2 Å². The van der Waals surface area contributed by atoms with E-state index in [9.17, 15) is 18.4 Å². The molecule has 4 aromatic rings. The summed E-state index contributed by atoms with van der Waals surface area (Å²) < 4.78 is 33.1. The van der Waals surface area contributed by atoms with Crippen LogP contribution in [-0.4, -0.2) is 51.3 Å². The van der Waals surface area contributed by atoms with Gasteiger partial charge in [-0.25, -0.2) is 8.78 Å². The second-order valence-corrected chi connectivity index (χ2v) is 10.2. The van der Waals surface area contributed by atoms with Gasteiger partial charge >= 0.3 is 0 Å². The van der Waals surface area contributed by atoms with E-state index in [0.29, 0.717) is 22.8 Å². The zero-order chi connectivity index (χ0) is 28.9. The Balaban J connectivity index is 1.49. The van der Waals surface area contributed by atoms with Crippen molar-refractivity contribution in [3.05, 3.63) is 94.0 Å². The molecular formula is C28H24Cl2F2N6O3. The van der Waals surface area contributed by atoms with Gasteiger partial charge < -0.3 is 10.1 Å². The molecule has 1 aromatic heterocycles. The number of carbonyl (C=O) groups is 2. The van der Waals surface area contributed by atoms with Crippen LogP contribution in [0.15, 0.2) is 66.7 Å². The number of ether oxygens (including phenoxy) is 1. The number of hydrogen-bond donors (Lipinski definition) is 1. The Morgan fingerprint density at radius 3 is 2.51 bits per heavy atom. The molecule has 1 aliphatic heterocycles. The number of nitrogens with zero attached hydrogens (tertiary/aromatic N) is 5. The number of tetrazole rings is 1. The van der Waals surface area contributed by atoms with Gasteiger partial charge in [-0.2, -0.15) is 4.80 Å². The zero-order valence-electron chi connectivity index (χ0n) is 21.5. The normalized spacial score (nSPS) is 15.5. The van der Waals surface area contributed by atoms with Crippen molar-refractivity contribution in [3.63, 3.8) is 0 Å². The number of carbonyl (C=O) groups excluding carboxylic acids is 2. The van der Waals surface area contributed by atoms with Crippen molar-refractivity contribution in [1.82, 2.24) is 25.5 Å². The summed E-state index contributed by atoms with van der Waals surface area (Å²) >= 11 is 12.2. The third kappa shape index (κ3) is 6.87. The van der Waals surface area contributed by atoms with Crippen molar-refractivity contribution in [2.24, 2.45) is 0 Å². The molecule has 1 fully saturated rings. The molecule has 0 radical (unpaired) electrons. The number of rotatable bonds is 9. The molecule has 9 nitrogen and oxygen atoms in total. The molecule has 41 heavy (non-hydrogen) atoms. The van der Waals surface area contributed by atoms with Crippen LogP contribution in [0.25, 0.3) is 11.4 Å². The molecule has 5 rings (SSSR count). The van der Waals surface area contributed by atoms with Gasteiger partial charge in [0.25, 0.3) is 5.91 Å². The van der Waals surface area contributed by atoms with E-state index in [4.69, 9.17) is 27.9 Å². The highest BCUT2D eigenvalue weighted by Gasteiger charge is 2.34. The number of hydrogen-bond acceptors (Lipinski definition) is 6. The number of amides is 2. The predicted octanol–water partition coefficient (Wildman–Crippen LogP) is 4.99. The van der Waals surface area contributed by atoms with E-state index in [1.165, 1.54) is 41.3 Å². The largest absolute Gasteiger partial charge is 0.376 e. The maximum atomic E-state index is 14.1. The molecule has 2 atom stereocenters. The summed E-state index contributed by atoms with van der Waals surface area (Å²) in [6.45, 7) is 0.442. The van der Waals surface area contributed by atoms with E-state index >= 15 is 0 Å². The highest BCUT2D eigenvalue weighted by Crippen LogP contribution is 2.32. The maximum absolute atomic E-state index is 14.1. The van der Waals surface area contributed by atoms with Gasteiger partial charge in [-0.3, -0.25) is 14.5 Å². The Morgan fingerprint density at radius 1 is 1.07 bits per heavy atom. The summed E-state index contributed by atoms with van der Waals surface area (Å²) in [5, 5.41) is 15.2. The van der Waals surface area contributed by atoms with Gasteiger partial charge in [-0.15, -0.1) is 10.2 Å². The summed E-state index contributed by atoms with van der Waals surface area (Å²) in [5.74, 6) is -2.03. The predicted molar refractivity (Wildman–Crippen MR) is 148 cm³/mol. The third-order valence-electron chi connectivity index (χ3n) is 6.50. The fourth-order valence-corrected chi connectivity index (χ4v) is 4.77. The molecule has 0 bridgehead atoms. The quantitative estimate of drug-likeness (QED) is 0.290. The summed E-state index contributed by atoms with van der Waals surface area (Å²) in [5.41, 5.74) is 1.12. The summed E-state index contributed by atoms with van der Waals surface area (Å²) in [6.07, 6.45) is 1.56. The van der Waals surface area contributed by atoms with Crippen LogP contribution in [0, 0.1) is 11.6 Å². The van der Waals surface area contributed by atoms with Crippen LogP contribution < -0.4 is 10.2 Å². The molecule has 0 unspecified atom stereocenters. The van der Waals surface area contributed by atoms with Crippen LogP contribution in [0.5, 0.6) is 0 Å². The van der Waals surface area contributed by atoms with E-state index in [1.54, 1.807) is 24.3 Å². The minimum atomic E-state index is -1.19. The smallest absolute Gasteiger partial charge is 0.251 e. The molecule has 13 heteroatoms. The highest BCUT2D eigenvalue weighted by atomic mass is 35.5. The Morgan fingerprint density at radius 2 is 1.83 bits per heavy atom. The van der Waals surface area contributed by atoms with E-state index in [2.05, 4.69) is 20.7 Å². The molecule has 0 spiro atoms. The minimum Gasteiger partial charge on any atom is -0.376 e. The first-order valence-electron chi connectivity index (χ1n) is 12.7. The second kappa shape index (κ2) is 12.7. The number of anilines is 1. The van der Waals surface area contributed by atoms with E-state index in [1.807, 2.05) is 0 Å². The van der Waals surface area contributed by atoms with E-state index in [0.717, 1.165) is 23.7 Å².